The topological polar surface area (TPSA) is 50.9 Å². The number of aryl methyl sites for hydroxylation is 1. The van der Waals surface area contributed by atoms with Gasteiger partial charge in [0.25, 0.3) is 0 Å². The van der Waals surface area contributed by atoms with Gasteiger partial charge in [0.05, 0.1) is 34.8 Å². The van der Waals surface area contributed by atoms with E-state index in [1.165, 1.54) is 0 Å². The zero-order valence-corrected chi connectivity index (χ0v) is 35.6. The molecular weight excluding hydrogens is 755 g/mol. The first-order valence-corrected chi connectivity index (χ1v) is 20.6. The van der Waals surface area contributed by atoms with Crippen molar-refractivity contribution in [2.45, 2.75) is 66.1 Å². The summed E-state index contributed by atoms with van der Waals surface area (Å²) in [5, 5.41) is 12.5. The molecule has 0 saturated heterocycles. The molecule has 0 aliphatic rings. The Labute approximate surface area is 381 Å². The third kappa shape index (κ3) is 7.40. The van der Waals surface area contributed by atoms with Crippen molar-refractivity contribution in [3.8, 4) is 78.6 Å². The van der Waals surface area contributed by atoms with Crippen LogP contribution in [0.1, 0.15) is 78.9 Å². The van der Waals surface area contributed by atoms with Gasteiger partial charge in [-0.1, -0.05) is 169 Å². The molecule has 2 heterocycles. The van der Waals surface area contributed by atoms with Crippen LogP contribution in [-0.4, -0.2) is 19.6 Å². The summed E-state index contributed by atoms with van der Waals surface area (Å²) in [5.41, 5.74) is 5.95. The molecule has 0 amide bonds. The van der Waals surface area contributed by atoms with Crippen molar-refractivity contribution < 1.29 is 20.2 Å². The molecule has 0 atom stereocenters. The predicted molar refractivity (Wildman–Crippen MR) is 260 cm³/mol. The molecule has 0 fully saturated rings. The van der Waals surface area contributed by atoms with Crippen LogP contribution in [0.2, 0.25) is 0 Å². The minimum Gasteiger partial charge on any atom is -0.507 e. The normalized spacial score (nSPS) is 14.9. The lowest BCUT2D eigenvalue weighted by Crippen LogP contribution is -2.17. The maximum Gasteiger partial charge on any atom is 0.149 e. The Morgan fingerprint density at radius 3 is 1.94 bits per heavy atom. The number of pyridine rings is 1. The fraction of sp³-hybridized carbons (Fsp3) is 0.172. The fourth-order valence-corrected chi connectivity index (χ4v) is 8.18. The Morgan fingerprint density at radius 2 is 1.24 bits per heavy atom. The number of imidazole rings is 1. The number of nitrogens with zero attached hydrogens (tertiary/aromatic N) is 3. The zero-order chi connectivity index (χ0) is 52.7. The number of hydrogen-bond acceptors (Lipinski definition) is 3. The summed E-state index contributed by atoms with van der Waals surface area (Å²) in [4.78, 5) is 10.1. The molecule has 0 bridgehead atoms. The largest absolute Gasteiger partial charge is 0.507 e. The molecule has 306 valence electrons. The molecule has 0 aliphatic carbocycles. The lowest BCUT2D eigenvalue weighted by Gasteiger charge is -2.27. The lowest BCUT2D eigenvalue weighted by atomic mass is 9.79. The standard InChI is InChI=1S/C58H53N3O/c1-37-36-59-53(38(2)52(37)41-25-16-11-17-26-41)44-32-42(39-21-12-9-13-22-39)31-43(33-44)47-28-20-30-51-54(47)60-56(48-34-45(57(3,4)5)35-49(55(48)62)58(6,7)8)61(51)50-29-19-18-27-46(50)40-23-14-10-15-24-40/h9-36,62H,1-8H3/i1D3,2D3,11D,16D,17D,25D,26D. The molecule has 0 aliphatic heterocycles. The van der Waals surface area contributed by atoms with Crippen LogP contribution < -0.4 is 0 Å². The van der Waals surface area contributed by atoms with Crippen molar-refractivity contribution >= 4 is 11.0 Å². The summed E-state index contributed by atoms with van der Waals surface area (Å²) in [6, 6.07) is 39.1. The van der Waals surface area contributed by atoms with E-state index in [1.54, 1.807) is 12.1 Å². The van der Waals surface area contributed by atoms with E-state index >= 15 is 0 Å². The van der Waals surface area contributed by atoms with Crippen LogP contribution in [0.5, 0.6) is 5.75 Å². The molecule has 4 nitrogen and oxygen atoms in total. The van der Waals surface area contributed by atoms with Crippen molar-refractivity contribution in [2.75, 3.05) is 0 Å². The number of phenolic OH excluding ortho intramolecular Hbond substituents is 1. The summed E-state index contributed by atoms with van der Waals surface area (Å²) in [6.45, 7) is 6.47. The smallest absolute Gasteiger partial charge is 0.149 e. The molecule has 7 aromatic carbocycles. The van der Waals surface area contributed by atoms with E-state index in [0.717, 1.165) is 39.7 Å². The van der Waals surface area contributed by atoms with Crippen LogP contribution in [-0.2, 0) is 10.8 Å². The highest BCUT2D eigenvalue weighted by Gasteiger charge is 2.29. The highest BCUT2D eigenvalue weighted by atomic mass is 16.3. The van der Waals surface area contributed by atoms with E-state index in [2.05, 4.69) is 63.2 Å². The maximum atomic E-state index is 12.5. The second kappa shape index (κ2) is 15.8. The van der Waals surface area contributed by atoms with Gasteiger partial charge in [-0.05, 0) is 111 Å². The van der Waals surface area contributed by atoms with Gasteiger partial charge in [0.2, 0.25) is 0 Å². The number of aromatic nitrogens is 3. The highest BCUT2D eigenvalue weighted by molar-refractivity contribution is 5.98. The molecule has 0 radical (unpaired) electrons. The highest BCUT2D eigenvalue weighted by Crippen LogP contribution is 2.46. The minimum absolute atomic E-state index is 0.0999. The fourth-order valence-electron chi connectivity index (χ4n) is 8.18. The number of benzene rings is 7. The summed E-state index contributed by atoms with van der Waals surface area (Å²) in [7, 11) is 0. The average molecular weight is 819 g/mol. The van der Waals surface area contributed by atoms with Gasteiger partial charge < -0.3 is 5.11 Å². The molecule has 0 unspecified atom stereocenters. The Morgan fingerprint density at radius 1 is 0.581 bits per heavy atom. The van der Waals surface area contributed by atoms with Gasteiger partial charge in [0.15, 0.2) is 0 Å². The molecule has 1 N–H and O–H groups in total. The molecule has 0 saturated carbocycles. The van der Waals surface area contributed by atoms with E-state index in [4.69, 9.17) is 20.1 Å². The maximum absolute atomic E-state index is 12.5. The second-order valence-corrected chi connectivity index (χ2v) is 17.7. The van der Waals surface area contributed by atoms with Crippen molar-refractivity contribution in [1.29, 1.82) is 0 Å². The molecule has 4 heteroatoms. The Bertz CT molecular complexity index is 3600. The van der Waals surface area contributed by atoms with Crippen molar-refractivity contribution in [1.82, 2.24) is 14.5 Å². The first kappa shape index (κ1) is 29.3. The first-order chi connectivity index (χ1) is 34.3. The van der Waals surface area contributed by atoms with Crippen LogP contribution in [0.15, 0.2) is 170 Å². The third-order valence-corrected chi connectivity index (χ3v) is 11.4. The van der Waals surface area contributed by atoms with Crippen LogP contribution in [0, 0.1) is 13.7 Å². The molecule has 62 heavy (non-hydrogen) atoms. The van der Waals surface area contributed by atoms with E-state index in [-0.39, 0.29) is 22.4 Å². The Kier molecular flexibility index (Phi) is 7.44. The van der Waals surface area contributed by atoms with E-state index in [9.17, 15) is 5.11 Å². The van der Waals surface area contributed by atoms with Gasteiger partial charge in [0, 0.05) is 36.7 Å². The summed E-state index contributed by atoms with van der Waals surface area (Å²) >= 11 is 0. The van der Waals surface area contributed by atoms with Gasteiger partial charge in [-0.25, -0.2) is 4.98 Å². The van der Waals surface area contributed by atoms with Crippen molar-refractivity contribution in [3.05, 3.63) is 192 Å². The molecule has 0 spiro atoms. The number of aromatic hydroxyl groups is 1. The molecular formula is C58H53N3O. The van der Waals surface area contributed by atoms with E-state index in [1.807, 2.05) is 109 Å². The predicted octanol–water partition coefficient (Wildman–Crippen LogP) is 15.3. The summed E-state index contributed by atoms with van der Waals surface area (Å²) < 4.78 is 97.9. The second-order valence-electron chi connectivity index (χ2n) is 17.7. The van der Waals surface area contributed by atoms with Gasteiger partial charge in [-0.2, -0.15) is 0 Å². The number of rotatable bonds is 7. The Hall–Kier alpha value is -7.04. The number of phenols is 1. The number of fused-ring (bicyclic) bond motifs is 1. The van der Waals surface area contributed by atoms with E-state index in [0.29, 0.717) is 39.1 Å². The quantitative estimate of drug-likeness (QED) is 0.174. The number of para-hydroxylation sites is 2. The molecule has 2 aromatic heterocycles. The van der Waals surface area contributed by atoms with Gasteiger partial charge >= 0.3 is 0 Å². The molecule has 9 rings (SSSR count). The van der Waals surface area contributed by atoms with Crippen LogP contribution in [0.25, 0.3) is 83.9 Å². The van der Waals surface area contributed by atoms with Gasteiger partial charge in [-0.3, -0.25) is 9.55 Å². The zero-order valence-electron chi connectivity index (χ0n) is 46.6. The van der Waals surface area contributed by atoms with Crippen LogP contribution in [0.3, 0.4) is 0 Å². The van der Waals surface area contributed by atoms with Crippen molar-refractivity contribution in [3.63, 3.8) is 0 Å². The SMILES string of the molecule is [2H]c1c([2H])c([2H])c(-c2c(C([2H])([2H])[2H])cnc(-c3cc(-c4ccccc4)cc(-c4cccc5c4nc(-c4cc(C(C)(C)C)cc(C(C)(C)C)c4O)n5-c4ccccc4-c4ccccc4)c3)c2C([2H])([2H])[2H])c([2H])c1[2H]. The first-order valence-electron chi connectivity index (χ1n) is 26.1. The van der Waals surface area contributed by atoms with Crippen molar-refractivity contribution in [2.24, 2.45) is 0 Å². The minimum atomic E-state index is -3.12. The summed E-state index contributed by atoms with van der Waals surface area (Å²) in [5.74, 6) is 0.581. The van der Waals surface area contributed by atoms with E-state index < -0.39 is 71.6 Å². The Balaban J connectivity index is 1.41. The third-order valence-electron chi connectivity index (χ3n) is 11.4. The summed E-state index contributed by atoms with van der Waals surface area (Å²) in [6.07, 6.45) is 1.02. The monoisotopic (exact) mass is 818 g/mol. The number of hydrogen-bond donors (Lipinski definition) is 1. The molecule has 9 aromatic rings. The van der Waals surface area contributed by atoms with Crippen LogP contribution in [0.4, 0.5) is 0 Å². The van der Waals surface area contributed by atoms with Gasteiger partial charge in [-0.15, -0.1) is 0 Å². The lowest BCUT2D eigenvalue weighted by molar-refractivity contribution is 0.446. The van der Waals surface area contributed by atoms with Gasteiger partial charge in [0.1, 0.15) is 11.6 Å². The van der Waals surface area contributed by atoms with Crippen LogP contribution >= 0.6 is 0 Å². The average Bonchev–Trinajstić information content (AvgIpc) is 3.73.